The van der Waals surface area contributed by atoms with Gasteiger partial charge in [0.05, 0.1) is 18.2 Å². The monoisotopic (exact) mass is 204 g/mol. The van der Waals surface area contributed by atoms with Gasteiger partial charge in [0, 0.05) is 10.8 Å². The van der Waals surface area contributed by atoms with Gasteiger partial charge in [0.1, 0.15) is 0 Å². The van der Waals surface area contributed by atoms with Gasteiger partial charge in [0.15, 0.2) is 0 Å². The van der Waals surface area contributed by atoms with Crippen LogP contribution in [0.2, 0.25) is 0 Å². The fourth-order valence-corrected chi connectivity index (χ4v) is 1.74. The second-order valence-corrected chi connectivity index (χ2v) is 3.05. The predicted octanol–water partition coefficient (Wildman–Crippen LogP) is 1.91. The minimum absolute atomic E-state index is 0.202. The molecule has 0 amide bonds. The summed E-state index contributed by atoms with van der Waals surface area (Å²) in [5.74, 6) is -0.541. The summed E-state index contributed by atoms with van der Waals surface area (Å²) >= 11 is 6.44. The highest BCUT2D eigenvalue weighted by Gasteiger charge is 2.16. The molecule has 1 aromatic rings. The molecule has 0 bridgehead atoms. The van der Waals surface area contributed by atoms with Gasteiger partial charge in [-0.1, -0.05) is 0 Å². The van der Waals surface area contributed by atoms with Crippen molar-refractivity contribution in [1.82, 2.24) is 0 Å². The molecule has 5 heteroatoms. The molecule has 0 radical (unpaired) electrons. The van der Waals surface area contributed by atoms with E-state index in [1.165, 1.54) is 29.2 Å². The summed E-state index contributed by atoms with van der Waals surface area (Å²) < 4.78 is 4.44. The fraction of sp³-hybridized carbons (Fsp3) is 0.143. The molecule has 0 saturated heterocycles. The van der Waals surface area contributed by atoms with E-state index in [1.807, 2.05) is 0 Å². The molecule has 0 aliphatic carbocycles. The highest BCUT2D eigenvalue weighted by molar-refractivity contribution is 7.08. The van der Waals surface area contributed by atoms with Crippen LogP contribution in [-0.2, 0) is 4.74 Å². The van der Waals surface area contributed by atoms with Crippen molar-refractivity contribution in [1.29, 1.82) is 0 Å². The molecule has 0 aliphatic rings. The van der Waals surface area contributed by atoms with Gasteiger partial charge in [-0.15, -0.1) is 0 Å². The summed E-state index contributed by atoms with van der Waals surface area (Å²) in [7, 11) is 1.25. The zero-order valence-corrected chi connectivity index (χ0v) is 7.74. The maximum absolute atomic E-state index is 11.0. The fourth-order valence-electron chi connectivity index (χ4n) is 0.717. The predicted molar refractivity (Wildman–Crippen MR) is 45.8 cm³/mol. The van der Waals surface area contributed by atoms with Crippen LogP contribution in [0, 0.1) is 0 Å². The molecule has 0 fully saturated rings. The number of ether oxygens (including phenoxy) is 1. The van der Waals surface area contributed by atoms with Crippen molar-refractivity contribution in [2.24, 2.45) is 0 Å². The highest BCUT2D eigenvalue weighted by atomic mass is 35.5. The Bertz CT molecular complexity index is 318. The van der Waals surface area contributed by atoms with Crippen LogP contribution in [0.25, 0.3) is 0 Å². The normalized spacial score (nSPS) is 9.50. The highest BCUT2D eigenvalue weighted by Crippen LogP contribution is 2.17. The smallest absolute Gasteiger partial charge is 0.339 e. The third-order valence-corrected chi connectivity index (χ3v) is 2.23. The third kappa shape index (κ3) is 1.65. The number of methoxy groups -OCH3 is 1. The van der Waals surface area contributed by atoms with Crippen LogP contribution in [0.3, 0.4) is 0 Å². The van der Waals surface area contributed by atoms with Gasteiger partial charge in [-0.2, -0.15) is 11.3 Å². The number of esters is 1. The first-order valence-corrected chi connectivity index (χ1v) is 4.33. The van der Waals surface area contributed by atoms with Crippen molar-refractivity contribution >= 4 is 34.1 Å². The summed E-state index contributed by atoms with van der Waals surface area (Å²) in [5.41, 5.74) is 0.427. The number of hydrogen-bond donors (Lipinski definition) is 0. The van der Waals surface area contributed by atoms with Gasteiger partial charge in [0.25, 0.3) is 5.24 Å². The lowest BCUT2D eigenvalue weighted by atomic mass is 10.2. The summed E-state index contributed by atoms with van der Waals surface area (Å²) in [6.07, 6.45) is 0. The van der Waals surface area contributed by atoms with Gasteiger partial charge in [-0.3, -0.25) is 4.79 Å². The molecular weight excluding hydrogens is 200 g/mol. The van der Waals surface area contributed by atoms with E-state index in [9.17, 15) is 9.59 Å². The van der Waals surface area contributed by atoms with E-state index < -0.39 is 11.2 Å². The molecule has 1 rings (SSSR count). The molecule has 0 aliphatic heterocycles. The second-order valence-electron chi connectivity index (χ2n) is 1.96. The molecule has 1 heterocycles. The Morgan fingerprint density at radius 2 is 2.00 bits per heavy atom. The van der Waals surface area contributed by atoms with Crippen molar-refractivity contribution in [2.45, 2.75) is 0 Å². The quantitative estimate of drug-likeness (QED) is 0.546. The van der Waals surface area contributed by atoms with E-state index in [-0.39, 0.29) is 11.1 Å². The first kappa shape index (κ1) is 9.22. The molecule has 1 aromatic heterocycles. The van der Waals surface area contributed by atoms with Crippen LogP contribution >= 0.6 is 22.9 Å². The van der Waals surface area contributed by atoms with Crippen molar-refractivity contribution in [3.8, 4) is 0 Å². The maximum atomic E-state index is 11.0. The molecule has 0 saturated carbocycles. The zero-order chi connectivity index (χ0) is 9.14. The number of carbonyl (C=O) groups excluding carboxylic acids is 2. The van der Waals surface area contributed by atoms with E-state index in [4.69, 9.17) is 11.6 Å². The lowest BCUT2D eigenvalue weighted by Gasteiger charge is -1.95. The molecule has 0 aromatic carbocycles. The topological polar surface area (TPSA) is 43.4 Å². The minimum atomic E-state index is -0.642. The van der Waals surface area contributed by atoms with Crippen molar-refractivity contribution < 1.29 is 14.3 Å². The zero-order valence-electron chi connectivity index (χ0n) is 6.17. The van der Waals surface area contributed by atoms with Gasteiger partial charge in [0.2, 0.25) is 0 Å². The van der Waals surface area contributed by atoms with Crippen LogP contribution < -0.4 is 0 Å². The molecule has 0 unspecified atom stereocenters. The van der Waals surface area contributed by atoms with Gasteiger partial charge in [-0.25, -0.2) is 4.79 Å². The Morgan fingerprint density at radius 3 is 2.50 bits per heavy atom. The van der Waals surface area contributed by atoms with Crippen LogP contribution in [0.15, 0.2) is 10.8 Å². The number of rotatable bonds is 2. The Hall–Kier alpha value is -0.870. The molecule has 12 heavy (non-hydrogen) atoms. The number of thiophene rings is 1. The lowest BCUT2D eigenvalue weighted by molar-refractivity contribution is 0.0598. The Balaban J connectivity index is 3.07. The first-order chi connectivity index (χ1) is 5.66. The SMILES string of the molecule is COC(=O)c1cscc1C(=O)Cl. The summed E-state index contributed by atoms with van der Waals surface area (Å²) in [4.78, 5) is 21.7. The van der Waals surface area contributed by atoms with Crippen LogP contribution in [-0.4, -0.2) is 18.3 Å². The first-order valence-electron chi connectivity index (χ1n) is 3.01. The second kappa shape index (κ2) is 3.69. The summed E-state index contributed by atoms with van der Waals surface area (Å²) in [6, 6.07) is 0. The summed E-state index contributed by atoms with van der Waals surface area (Å²) in [6.45, 7) is 0. The van der Waals surface area contributed by atoms with Crippen LogP contribution in [0.4, 0.5) is 0 Å². The Labute approximate surface area is 77.9 Å². The Morgan fingerprint density at radius 1 is 1.42 bits per heavy atom. The van der Waals surface area contributed by atoms with Crippen molar-refractivity contribution in [3.05, 3.63) is 21.9 Å². The average Bonchev–Trinajstić information content (AvgIpc) is 2.50. The number of hydrogen-bond acceptors (Lipinski definition) is 4. The maximum Gasteiger partial charge on any atom is 0.339 e. The standard InChI is InChI=1S/C7H5ClO3S/c1-11-7(10)5-3-12-2-4(5)6(8)9/h2-3H,1H3. The van der Waals surface area contributed by atoms with Gasteiger partial charge >= 0.3 is 5.97 Å². The van der Waals surface area contributed by atoms with E-state index in [0.29, 0.717) is 0 Å². The Kier molecular flexibility index (Phi) is 2.83. The van der Waals surface area contributed by atoms with E-state index in [1.54, 1.807) is 0 Å². The van der Waals surface area contributed by atoms with Crippen molar-refractivity contribution in [2.75, 3.05) is 7.11 Å². The molecule has 64 valence electrons. The molecule has 0 atom stereocenters. The van der Waals surface area contributed by atoms with E-state index in [0.717, 1.165) is 0 Å². The van der Waals surface area contributed by atoms with Gasteiger partial charge in [-0.05, 0) is 11.6 Å². The number of halogens is 1. The molecule has 0 spiro atoms. The largest absolute Gasteiger partial charge is 0.465 e. The molecule has 0 N–H and O–H groups in total. The summed E-state index contributed by atoms with van der Waals surface area (Å²) in [5, 5.41) is 2.40. The van der Waals surface area contributed by atoms with Crippen molar-refractivity contribution in [3.63, 3.8) is 0 Å². The van der Waals surface area contributed by atoms with Gasteiger partial charge < -0.3 is 4.74 Å². The average molecular weight is 205 g/mol. The van der Waals surface area contributed by atoms with E-state index >= 15 is 0 Å². The molecular formula is C7H5ClO3S. The van der Waals surface area contributed by atoms with Crippen LogP contribution in [0.1, 0.15) is 20.7 Å². The van der Waals surface area contributed by atoms with Crippen LogP contribution in [0.5, 0.6) is 0 Å². The van der Waals surface area contributed by atoms with E-state index in [2.05, 4.69) is 4.74 Å². The number of carbonyl (C=O) groups is 2. The lowest BCUT2D eigenvalue weighted by Crippen LogP contribution is -2.04. The molecule has 3 nitrogen and oxygen atoms in total. The minimum Gasteiger partial charge on any atom is -0.465 e. The third-order valence-electron chi connectivity index (χ3n) is 1.28.